The molecule has 0 bridgehead atoms. The molecule has 4 rings (SSSR count). The van der Waals surface area contributed by atoms with Crippen LogP contribution in [0.3, 0.4) is 0 Å². The van der Waals surface area contributed by atoms with Gasteiger partial charge in [-0.15, -0.1) is 0 Å². The number of hydrogen-bond donors (Lipinski definition) is 1. The normalized spacial score (nSPS) is 10.2. The Morgan fingerprint density at radius 1 is 1.00 bits per heavy atom. The third-order valence-corrected chi connectivity index (χ3v) is 3.64. The highest BCUT2D eigenvalue weighted by molar-refractivity contribution is 6.08. The molecular formula is C20H13N5O. The number of rotatable bonds is 2. The summed E-state index contributed by atoms with van der Waals surface area (Å²) in [4.78, 5) is 20.9. The zero-order chi connectivity index (χ0) is 17.8. The Morgan fingerprint density at radius 2 is 1.92 bits per heavy atom. The monoisotopic (exact) mass is 339 g/mol. The van der Waals surface area contributed by atoms with E-state index in [0.29, 0.717) is 22.6 Å². The number of carbonyl (C=O) groups excluding carboxylic acids is 1. The fraction of sp³-hybridized carbons (Fsp3) is 0. The van der Waals surface area contributed by atoms with E-state index in [1.165, 1.54) is 6.20 Å². The van der Waals surface area contributed by atoms with Gasteiger partial charge in [0.05, 0.1) is 6.20 Å². The Hall–Kier alpha value is -3.98. The highest BCUT2D eigenvalue weighted by Crippen LogP contribution is 2.14. The standard InChI is InChI=1S/C20H13N5O/c26-20(18-14-23-25-12-4-11-22-19(18)25)24-17-7-3-5-15(13-17)8-9-16-6-1-2-10-21-16/h1-7,10-14H,(H,24,26). The summed E-state index contributed by atoms with van der Waals surface area (Å²) in [7, 11) is 0. The molecule has 0 unspecified atom stereocenters. The number of aromatic nitrogens is 4. The van der Waals surface area contributed by atoms with Crippen LogP contribution in [0.4, 0.5) is 5.69 Å². The molecule has 0 aliphatic carbocycles. The number of nitrogens with one attached hydrogen (secondary N) is 1. The lowest BCUT2D eigenvalue weighted by molar-refractivity contribution is 0.102. The molecule has 0 aliphatic heterocycles. The van der Waals surface area contributed by atoms with Crippen LogP contribution in [0, 0.1) is 11.8 Å². The third-order valence-electron chi connectivity index (χ3n) is 3.64. The molecule has 0 spiro atoms. The van der Waals surface area contributed by atoms with Crippen LogP contribution in [-0.4, -0.2) is 25.5 Å². The van der Waals surface area contributed by atoms with Crippen LogP contribution < -0.4 is 5.32 Å². The van der Waals surface area contributed by atoms with Crippen molar-refractivity contribution < 1.29 is 4.79 Å². The van der Waals surface area contributed by atoms with Gasteiger partial charge in [-0.25, -0.2) is 14.5 Å². The first-order valence-corrected chi connectivity index (χ1v) is 7.92. The minimum Gasteiger partial charge on any atom is -0.322 e. The second kappa shape index (κ2) is 6.87. The molecule has 6 heteroatoms. The first-order chi connectivity index (χ1) is 12.8. The Labute approximate surface area is 149 Å². The Morgan fingerprint density at radius 3 is 2.81 bits per heavy atom. The van der Waals surface area contributed by atoms with E-state index < -0.39 is 0 Å². The molecule has 4 aromatic rings. The van der Waals surface area contributed by atoms with Crippen LogP contribution in [0.15, 0.2) is 73.3 Å². The zero-order valence-electron chi connectivity index (χ0n) is 13.6. The Bertz CT molecular complexity index is 1140. The van der Waals surface area contributed by atoms with Crippen LogP contribution in [0.1, 0.15) is 21.6 Å². The van der Waals surface area contributed by atoms with Crippen molar-refractivity contribution in [1.82, 2.24) is 19.6 Å². The molecule has 6 nitrogen and oxygen atoms in total. The number of nitrogens with zero attached hydrogens (tertiary/aromatic N) is 4. The van der Waals surface area contributed by atoms with Gasteiger partial charge in [0.2, 0.25) is 0 Å². The first kappa shape index (κ1) is 15.5. The number of amides is 1. The summed E-state index contributed by atoms with van der Waals surface area (Å²) < 4.78 is 1.56. The summed E-state index contributed by atoms with van der Waals surface area (Å²) >= 11 is 0. The van der Waals surface area contributed by atoms with Gasteiger partial charge in [0, 0.05) is 29.8 Å². The van der Waals surface area contributed by atoms with Gasteiger partial charge in [-0.3, -0.25) is 4.79 Å². The number of pyridine rings is 1. The lowest BCUT2D eigenvalue weighted by Crippen LogP contribution is -2.12. The van der Waals surface area contributed by atoms with E-state index in [9.17, 15) is 4.79 Å². The van der Waals surface area contributed by atoms with E-state index in [1.807, 2.05) is 42.5 Å². The van der Waals surface area contributed by atoms with Crippen molar-refractivity contribution in [1.29, 1.82) is 0 Å². The van der Waals surface area contributed by atoms with Crippen LogP contribution in [-0.2, 0) is 0 Å². The van der Waals surface area contributed by atoms with Gasteiger partial charge in [0.25, 0.3) is 5.91 Å². The highest BCUT2D eigenvalue weighted by Gasteiger charge is 2.13. The molecule has 0 saturated heterocycles. The third kappa shape index (κ3) is 3.28. The molecule has 1 aromatic carbocycles. The SMILES string of the molecule is O=C(Nc1cccc(C#Cc2ccccn2)c1)c1cnn2cccnc12. The van der Waals surface area contributed by atoms with Crippen LogP contribution in [0.25, 0.3) is 5.65 Å². The fourth-order valence-electron chi connectivity index (χ4n) is 2.43. The summed E-state index contributed by atoms with van der Waals surface area (Å²) in [6.45, 7) is 0. The maximum absolute atomic E-state index is 12.5. The molecular weight excluding hydrogens is 326 g/mol. The van der Waals surface area contributed by atoms with Crippen molar-refractivity contribution in [3.63, 3.8) is 0 Å². The van der Waals surface area contributed by atoms with Gasteiger partial charge < -0.3 is 5.32 Å². The number of anilines is 1. The van der Waals surface area contributed by atoms with Crippen molar-refractivity contribution in [3.8, 4) is 11.8 Å². The smallest absolute Gasteiger partial charge is 0.261 e. The van der Waals surface area contributed by atoms with E-state index in [0.717, 1.165) is 5.56 Å². The molecule has 0 radical (unpaired) electrons. The predicted molar refractivity (Wildman–Crippen MR) is 97.6 cm³/mol. The maximum Gasteiger partial charge on any atom is 0.261 e. The highest BCUT2D eigenvalue weighted by atomic mass is 16.1. The van der Waals surface area contributed by atoms with Gasteiger partial charge in [0.1, 0.15) is 11.3 Å². The van der Waals surface area contributed by atoms with Crippen molar-refractivity contribution >= 4 is 17.2 Å². The van der Waals surface area contributed by atoms with E-state index >= 15 is 0 Å². The van der Waals surface area contributed by atoms with Crippen LogP contribution in [0.2, 0.25) is 0 Å². The van der Waals surface area contributed by atoms with E-state index in [-0.39, 0.29) is 5.91 Å². The molecule has 26 heavy (non-hydrogen) atoms. The first-order valence-electron chi connectivity index (χ1n) is 7.92. The molecule has 0 aliphatic rings. The summed E-state index contributed by atoms with van der Waals surface area (Å²) in [6.07, 6.45) is 6.57. The summed E-state index contributed by atoms with van der Waals surface area (Å²) in [5.41, 5.74) is 3.05. The predicted octanol–water partition coefficient (Wildman–Crippen LogP) is 2.78. The second-order valence-electron chi connectivity index (χ2n) is 5.45. The average molecular weight is 339 g/mol. The minimum absolute atomic E-state index is 0.270. The maximum atomic E-state index is 12.5. The second-order valence-corrected chi connectivity index (χ2v) is 5.45. The summed E-state index contributed by atoms with van der Waals surface area (Å²) in [6, 6.07) is 14.7. The van der Waals surface area contributed by atoms with Gasteiger partial charge in [-0.05, 0) is 42.3 Å². The Kier molecular flexibility index (Phi) is 4.11. The van der Waals surface area contributed by atoms with Crippen molar-refractivity contribution in [2.24, 2.45) is 0 Å². The number of fused-ring (bicyclic) bond motifs is 1. The lowest BCUT2D eigenvalue weighted by Gasteiger charge is -2.04. The molecule has 1 amide bonds. The van der Waals surface area contributed by atoms with Gasteiger partial charge >= 0.3 is 0 Å². The van der Waals surface area contributed by atoms with Gasteiger partial charge in [-0.2, -0.15) is 5.10 Å². The quantitative estimate of drug-likeness (QED) is 0.570. The molecule has 3 aromatic heterocycles. The van der Waals surface area contributed by atoms with E-state index in [4.69, 9.17) is 0 Å². The topological polar surface area (TPSA) is 72.2 Å². The van der Waals surface area contributed by atoms with Gasteiger partial charge in [-0.1, -0.05) is 18.1 Å². The molecule has 0 atom stereocenters. The van der Waals surface area contributed by atoms with Gasteiger partial charge in [0.15, 0.2) is 5.65 Å². The Balaban J connectivity index is 1.56. The lowest BCUT2D eigenvalue weighted by atomic mass is 10.2. The largest absolute Gasteiger partial charge is 0.322 e. The summed E-state index contributed by atoms with van der Waals surface area (Å²) in [5.74, 6) is 5.77. The van der Waals surface area contributed by atoms with Crippen molar-refractivity contribution in [2.45, 2.75) is 0 Å². The number of carbonyl (C=O) groups is 1. The average Bonchev–Trinajstić information content (AvgIpc) is 3.12. The molecule has 0 saturated carbocycles. The number of hydrogen-bond acceptors (Lipinski definition) is 4. The van der Waals surface area contributed by atoms with Crippen LogP contribution >= 0.6 is 0 Å². The summed E-state index contributed by atoms with van der Waals surface area (Å²) in [5, 5.41) is 6.99. The molecule has 0 fully saturated rings. The van der Waals surface area contributed by atoms with E-state index in [1.54, 1.807) is 29.2 Å². The fourth-order valence-corrected chi connectivity index (χ4v) is 2.43. The molecule has 124 valence electrons. The van der Waals surface area contributed by atoms with Crippen LogP contribution in [0.5, 0.6) is 0 Å². The van der Waals surface area contributed by atoms with Crippen molar-refractivity contribution in [2.75, 3.05) is 5.32 Å². The minimum atomic E-state index is -0.270. The van der Waals surface area contributed by atoms with Crippen molar-refractivity contribution in [3.05, 3.63) is 90.1 Å². The molecule has 1 N–H and O–H groups in total. The number of benzene rings is 1. The van der Waals surface area contributed by atoms with E-state index in [2.05, 4.69) is 32.2 Å². The zero-order valence-corrected chi connectivity index (χ0v) is 13.6. The molecule has 3 heterocycles.